The number of hydrogen-bond acceptors (Lipinski definition) is 3. The van der Waals surface area contributed by atoms with E-state index in [0.29, 0.717) is 5.69 Å². The Hall–Kier alpha value is -1.69. The van der Waals surface area contributed by atoms with Gasteiger partial charge in [0.15, 0.2) is 9.84 Å². The molecule has 1 aromatic carbocycles. The van der Waals surface area contributed by atoms with Crippen molar-refractivity contribution in [1.82, 2.24) is 0 Å². The van der Waals surface area contributed by atoms with Gasteiger partial charge < -0.3 is 4.90 Å². The molecular weight excluding hydrogens is 317 g/mol. The van der Waals surface area contributed by atoms with Gasteiger partial charge in [0.25, 0.3) is 0 Å². The summed E-state index contributed by atoms with van der Waals surface area (Å²) in [5, 5.41) is 1.17. The highest BCUT2D eigenvalue weighted by Crippen LogP contribution is 2.30. The van der Waals surface area contributed by atoms with E-state index >= 15 is 0 Å². The van der Waals surface area contributed by atoms with Gasteiger partial charge in [-0.3, -0.25) is 4.79 Å². The Balaban J connectivity index is 1.91. The third kappa shape index (κ3) is 3.63. The largest absolute Gasteiger partial charge is 0.304 e. The summed E-state index contributed by atoms with van der Waals surface area (Å²) in [7, 11) is -3.27. The van der Waals surface area contributed by atoms with Crippen LogP contribution in [0, 0.1) is 11.7 Å². The number of benzene rings is 1. The SMILES string of the molecule is O=C(C1CCCCC1)N(c1ccc(F)cc1)[C@H]1C=CS(=O)(=O)C1. The maximum absolute atomic E-state index is 13.2. The lowest BCUT2D eigenvalue weighted by Crippen LogP contribution is -2.45. The van der Waals surface area contributed by atoms with Crippen molar-refractivity contribution >= 4 is 21.4 Å². The number of amides is 1. The molecule has 1 aromatic rings. The molecule has 124 valence electrons. The van der Waals surface area contributed by atoms with Crippen molar-refractivity contribution in [3.63, 3.8) is 0 Å². The number of carbonyl (C=O) groups is 1. The van der Waals surface area contributed by atoms with Crippen molar-refractivity contribution in [2.75, 3.05) is 10.7 Å². The van der Waals surface area contributed by atoms with Gasteiger partial charge in [0.05, 0.1) is 11.8 Å². The summed E-state index contributed by atoms with van der Waals surface area (Å²) < 4.78 is 36.7. The predicted molar refractivity (Wildman–Crippen MR) is 87.2 cm³/mol. The van der Waals surface area contributed by atoms with Crippen LogP contribution in [-0.4, -0.2) is 26.1 Å². The van der Waals surface area contributed by atoms with Gasteiger partial charge >= 0.3 is 0 Å². The fraction of sp³-hybridized carbons (Fsp3) is 0.471. The quantitative estimate of drug-likeness (QED) is 0.852. The zero-order valence-corrected chi connectivity index (χ0v) is 13.6. The second-order valence-corrected chi connectivity index (χ2v) is 8.18. The van der Waals surface area contributed by atoms with Gasteiger partial charge in [0.1, 0.15) is 5.82 Å². The molecule has 1 aliphatic heterocycles. The molecule has 3 rings (SSSR count). The van der Waals surface area contributed by atoms with Gasteiger partial charge in [0.2, 0.25) is 5.91 Å². The summed E-state index contributed by atoms with van der Waals surface area (Å²) in [6, 6.07) is 5.15. The molecule has 0 unspecified atom stereocenters. The molecule has 1 heterocycles. The highest BCUT2D eigenvalue weighted by atomic mass is 32.2. The second-order valence-electron chi connectivity index (χ2n) is 6.24. The average molecular weight is 337 g/mol. The molecular formula is C17H20FNO3S. The fourth-order valence-corrected chi connectivity index (χ4v) is 4.62. The molecule has 1 fully saturated rings. The zero-order valence-electron chi connectivity index (χ0n) is 12.8. The van der Waals surface area contributed by atoms with Crippen LogP contribution in [0.25, 0.3) is 0 Å². The van der Waals surface area contributed by atoms with Crippen LogP contribution >= 0.6 is 0 Å². The molecule has 0 radical (unpaired) electrons. The second kappa shape index (κ2) is 6.43. The standard InChI is InChI=1S/C17H20FNO3S/c18-14-6-8-15(9-7-14)19(16-10-11-23(21,22)12-16)17(20)13-4-2-1-3-5-13/h6-11,13,16H,1-5,12H2/t16-/m0/s1. The van der Waals surface area contributed by atoms with Crippen LogP contribution in [0.5, 0.6) is 0 Å². The van der Waals surface area contributed by atoms with E-state index in [1.807, 2.05) is 0 Å². The summed E-state index contributed by atoms with van der Waals surface area (Å²) in [6.07, 6.45) is 6.40. The molecule has 1 aliphatic carbocycles. The number of halogens is 1. The molecule has 6 heteroatoms. The van der Waals surface area contributed by atoms with Crippen LogP contribution in [-0.2, 0) is 14.6 Å². The first kappa shape index (κ1) is 16.2. The van der Waals surface area contributed by atoms with Crippen LogP contribution in [0.4, 0.5) is 10.1 Å². The van der Waals surface area contributed by atoms with Crippen LogP contribution in [0.15, 0.2) is 35.7 Å². The maximum Gasteiger partial charge on any atom is 0.230 e. The Labute approximate surface area is 135 Å². The summed E-state index contributed by atoms with van der Waals surface area (Å²) in [5.74, 6) is -0.620. The highest BCUT2D eigenvalue weighted by molar-refractivity contribution is 7.94. The average Bonchev–Trinajstić information content (AvgIpc) is 2.90. The number of carbonyl (C=O) groups excluding carboxylic acids is 1. The Bertz CT molecular complexity index is 706. The lowest BCUT2D eigenvalue weighted by molar-refractivity contribution is -0.123. The third-order valence-electron chi connectivity index (χ3n) is 4.54. The van der Waals surface area contributed by atoms with E-state index in [1.54, 1.807) is 6.08 Å². The third-order valence-corrected chi connectivity index (χ3v) is 5.92. The number of hydrogen-bond donors (Lipinski definition) is 0. The van der Waals surface area contributed by atoms with Gasteiger partial charge in [-0.15, -0.1) is 0 Å². The Morgan fingerprint density at radius 2 is 1.74 bits per heavy atom. The minimum Gasteiger partial charge on any atom is -0.304 e. The van der Waals surface area contributed by atoms with E-state index < -0.39 is 15.9 Å². The summed E-state index contributed by atoms with van der Waals surface area (Å²) >= 11 is 0. The van der Waals surface area contributed by atoms with Crippen molar-refractivity contribution in [2.45, 2.75) is 38.1 Å². The van der Waals surface area contributed by atoms with Crippen molar-refractivity contribution in [3.8, 4) is 0 Å². The van der Waals surface area contributed by atoms with Crippen LogP contribution in [0.3, 0.4) is 0 Å². The fourth-order valence-electron chi connectivity index (χ4n) is 3.35. The number of rotatable bonds is 3. The first-order chi connectivity index (χ1) is 11.0. The molecule has 0 bridgehead atoms. The maximum atomic E-state index is 13.2. The Morgan fingerprint density at radius 3 is 2.30 bits per heavy atom. The normalized spacial score (nSPS) is 23.8. The Kier molecular flexibility index (Phi) is 4.53. The van der Waals surface area contributed by atoms with Crippen molar-refractivity contribution in [3.05, 3.63) is 41.6 Å². The van der Waals surface area contributed by atoms with Crippen molar-refractivity contribution in [2.24, 2.45) is 5.92 Å². The smallest absolute Gasteiger partial charge is 0.230 e. The highest BCUT2D eigenvalue weighted by Gasteiger charge is 2.35. The molecule has 2 aliphatic rings. The number of anilines is 1. The van der Waals surface area contributed by atoms with Crippen LogP contribution in [0.1, 0.15) is 32.1 Å². The first-order valence-electron chi connectivity index (χ1n) is 7.96. The summed E-state index contributed by atoms with van der Waals surface area (Å²) in [6.45, 7) is 0. The monoisotopic (exact) mass is 337 g/mol. The van der Waals surface area contributed by atoms with Gasteiger partial charge in [-0.25, -0.2) is 12.8 Å². The van der Waals surface area contributed by atoms with E-state index in [2.05, 4.69) is 0 Å². The van der Waals surface area contributed by atoms with Crippen LogP contribution < -0.4 is 4.90 Å². The number of sulfone groups is 1. The molecule has 4 nitrogen and oxygen atoms in total. The van der Waals surface area contributed by atoms with Gasteiger partial charge in [-0.05, 0) is 43.2 Å². The molecule has 23 heavy (non-hydrogen) atoms. The first-order valence-corrected chi connectivity index (χ1v) is 9.67. The molecule has 0 saturated heterocycles. The van der Waals surface area contributed by atoms with Crippen molar-refractivity contribution < 1.29 is 17.6 Å². The van der Waals surface area contributed by atoms with E-state index in [4.69, 9.17) is 0 Å². The molecule has 1 saturated carbocycles. The molecule has 1 amide bonds. The van der Waals surface area contributed by atoms with E-state index in [-0.39, 0.29) is 23.4 Å². The summed E-state index contributed by atoms with van der Waals surface area (Å²) in [5.41, 5.74) is 0.550. The minimum atomic E-state index is -3.27. The van der Waals surface area contributed by atoms with E-state index in [9.17, 15) is 17.6 Å². The van der Waals surface area contributed by atoms with E-state index in [1.165, 1.54) is 34.6 Å². The number of nitrogens with zero attached hydrogens (tertiary/aromatic N) is 1. The predicted octanol–water partition coefficient (Wildman–Crippen LogP) is 3.05. The topological polar surface area (TPSA) is 54.5 Å². The van der Waals surface area contributed by atoms with Crippen molar-refractivity contribution in [1.29, 1.82) is 0 Å². The molecule has 0 N–H and O–H groups in total. The lowest BCUT2D eigenvalue weighted by atomic mass is 9.88. The minimum absolute atomic E-state index is 0.0527. The van der Waals surface area contributed by atoms with E-state index in [0.717, 1.165) is 32.1 Å². The Morgan fingerprint density at radius 1 is 1.09 bits per heavy atom. The van der Waals surface area contributed by atoms with Gasteiger partial charge in [-0.1, -0.05) is 19.3 Å². The molecule has 0 spiro atoms. The van der Waals surface area contributed by atoms with Crippen LogP contribution in [0.2, 0.25) is 0 Å². The zero-order chi connectivity index (χ0) is 16.4. The lowest BCUT2D eigenvalue weighted by Gasteiger charge is -2.32. The summed E-state index contributed by atoms with van der Waals surface area (Å²) in [4.78, 5) is 14.5. The molecule has 1 atom stereocenters. The van der Waals surface area contributed by atoms with Gasteiger partial charge in [-0.2, -0.15) is 0 Å². The van der Waals surface area contributed by atoms with Gasteiger partial charge in [0, 0.05) is 17.0 Å². The molecule has 0 aromatic heterocycles.